The van der Waals surface area contributed by atoms with Crippen molar-refractivity contribution in [3.8, 4) is 22.3 Å². The monoisotopic (exact) mass is 380 g/mol. The van der Waals surface area contributed by atoms with Gasteiger partial charge in [0.05, 0.1) is 5.69 Å². The lowest BCUT2D eigenvalue weighted by Gasteiger charge is -2.04. The maximum Gasteiger partial charge on any atom is 0.278 e. The summed E-state index contributed by atoms with van der Waals surface area (Å²) in [5.74, 6) is 0.399. The zero-order valence-corrected chi connectivity index (χ0v) is 15.0. The van der Waals surface area contributed by atoms with Gasteiger partial charge in [-0.15, -0.1) is 11.3 Å². The van der Waals surface area contributed by atoms with Crippen LogP contribution in [0.4, 0.5) is 5.13 Å². The summed E-state index contributed by atoms with van der Waals surface area (Å²) < 4.78 is 5.58. The Bertz CT molecular complexity index is 999. The molecule has 8 heteroatoms. The first kappa shape index (κ1) is 16.4. The minimum Gasteiger partial charge on any atom is -0.431 e. The van der Waals surface area contributed by atoms with E-state index in [1.165, 1.54) is 22.7 Å². The standard InChI is InChI=1S/C18H12N4O2S2/c23-16(12-4-6-13(7-5-12)24-18-20-9-10-25-18)22-17-21-15(11-26-17)14-3-1-2-8-19-14/h1-11H,(H,21,22,23). The van der Waals surface area contributed by atoms with Crippen molar-refractivity contribution in [3.05, 3.63) is 71.2 Å². The first-order valence-electron chi connectivity index (χ1n) is 7.63. The Kier molecular flexibility index (Phi) is 4.67. The molecule has 3 aromatic heterocycles. The van der Waals surface area contributed by atoms with Crippen LogP contribution in [0, 0.1) is 0 Å². The molecule has 26 heavy (non-hydrogen) atoms. The van der Waals surface area contributed by atoms with Crippen molar-refractivity contribution in [2.24, 2.45) is 0 Å². The molecule has 0 saturated carbocycles. The average Bonchev–Trinajstić information content (AvgIpc) is 3.35. The molecule has 0 radical (unpaired) electrons. The van der Waals surface area contributed by atoms with Gasteiger partial charge < -0.3 is 4.74 Å². The van der Waals surface area contributed by atoms with E-state index < -0.39 is 0 Å². The number of hydrogen-bond donors (Lipinski definition) is 1. The molecule has 4 rings (SSSR count). The van der Waals surface area contributed by atoms with Crippen LogP contribution in [-0.2, 0) is 0 Å². The summed E-state index contributed by atoms with van der Waals surface area (Å²) >= 11 is 2.76. The van der Waals surface area contributed by atoms with Crippen LogP contribution in [0.25, 0.3) is 11.4 Å². The second kappa shape index (κ2) is 7.42. The maximum atomic E-state index is 12.4. The quantitative estimate of drug-likeness (QED) is 0.543. The van der Waals surface area contributed by atoms with E-state index in [2.05, 4.69) is 20.3 Å². The smallest absolute Gasteiger partial charge is 0.278 e. The molecule has 0 aliphatic carbocycles. The number of amides is 1. The van der Waals surface area contributed by atoms with Gasteiger partial charge in [-0.1, -0.05) is 17.4 Å². The van der Waals surface area contributed by atoms with Crippen molar-refractivity contribution < 1.29 is 9.53 Å². The molecule has 1 aromatic carbocycles. The highest BCUT2D eigenvalue weighted by Crippen LogP contribution is 2.25. The van der Waals surface area contributed by atoms with Crippen LogP contribution in [0.3, 0.4) is 0 Å². The highest BCUT2D eigenvalue weighted by atomic mass is 32.1. The molecule has 0 aliphatic heterocycles. The molecular formula is C18H12N4O2S2. The number of rotatable bonds is 5. The largest absolute Gasteiger partial charge is 0.431 e. The van der Waals surface area contributed by atoms with Gasteiger partial charge in [0.15, 0.2) is 5.13 Å². The van der Waals surface area contributed by atoms with Gasteiger partial charge in [-0.05, 0) is 36.4 Å². The van der Waals surface area contributed by atoms with Crippen molar-refractivity contribution in [2.75, 3.05) is 5.32 Å². The fourth-order valence-corrected chi connectivity index (χ4v) is 3.37. The van der Waals surface area contributed by atoms with Crippen molar-refractivity contribution >= 4 is 33.7 Å². The fourth-order valence-electron chi connectivity index (χ4n) is 2.17. The van der Waals surface area contributed by atoms with Crippen molar-refractivity contribution in [1.29, 1.82) is 0 Å². The molecule has 6 nitrogen and oxygen atoms in total. The van der Waals surface area contributed by atoms with Crippen LogP contribution < -0.4 is 10.1 Å². The molecule has 0 unspecified atom stereocenters. The van der Waals surface area contributed by atoms with Gasteiger partial charge in [-0.2, -0.15) is 0 Å². The Hall–Kier alpha value is -3.10. The van der Waals surface area contributed by atoms with E-state index in [0.29, 0.717) is 21.6 Å². The summed E-state index contributed by atoms with van der Waals surface area (Å²) in [6.45, 7) is 0. The van der Waals surface area contributed by atoms with Gasteiger partial charge in [-0.25, -0.2) is 9.97 Å². The van der Waals surface area contributed by atoms with Crippen LogP contribution in [-0.4, -0.2) is 20.9 Å². The number of carbonyl (C=O) groups excluding carboxylic acids is 1. The van der Waals surface area contributed by atoms with Crippen molar-refractivity contribution in [2.45, 2.75) is 0 Å². The fraction of sp³-hybridized carbons (Fsp3) is 0. The molecule has 0 fully saturated rings. The number of nitrogens with zero attached hydrogens (tertiary/aromatic N) is 3. The minimum atomic E-state index is -0.229. The van der Waals surface area contributed by atoms with E-state index in [1.54, 1.807) is 36.7 Å². The molecule has 0 aliphatic rings. The highest BCUT2D eigenvalue weighted by molar-refractivity contribution is 7.14. The SMILES string of the molecule is O=C(Nc1nc(-c2ccccn2)cs1)c1ccc(Oc2nccs2)cc1. The summed E-state index contributed by atoms with van der Waals surface area (Å²) in [5.41, 5.74) is 2.03. The Labute approximate surface area is 157 Å². The minimum absolute atomic E-state index is 0.229. The summed E-state index contributed by atoms with van der Waals surface area (Å²) in [5, 5.41) is 7.59. The number of pyridine rings is 1. The zero-order valence-electron chi connectivity index (χ0n) is 13.3. The number of thiazole rings is 2. The van der Waals surface area contributed by atoms with Gasteiger partial charge in [0, 0.05) is 28.7 Å². The molecule has 0 atom stereocenters. The summed E-state index contributed by atoms with van der Waals surface area (Å²) in [6, 6.07) is 12.5. The number of anilines is 1. The average molecular weight is 380 g/mol. The molecule has 3 heterocycles. The molecule has 0 spiro atoms. The van der Waals surface area contributed by atoms with Gasteiger partial charge in [-0.3, -0.25) is 15.1 Å². The predicted octanol–water partition coefficient (Wildman–Crippen LogP) is 4.71. The van der Waals surface area contributed by atoms with E-state index in [0.717, 1.165) is 11.4 Å². The Morgan fingerprint density at radius 1 is 0.962 bits per heavy atom. The van der Waals surface area contributed by atoms with Crippen LogP contribution in [0.5, 0.6) is 10.9 Å². The Balaban J connectivity index is 1.42. The molecule has 1 N–H and O–H groups in total. The van der Waals surface area contributed by atoms with Gasteiger partial charge in [0.1, 0.15) is 11.4 Å². The molecule has 0 saturated heterocycles. The lowest BCUT2D eigenvalue weighted by molar-refractivity contribution is 0.102. The normalized spacial score (nSPS) is 10.5. The first-order chi connectivity index (χ1) is 12.8. The van der Waals surface area contributed by atoms with Crippen LogP contribution >= 0.6 is 22.7 Å². The van der Waals surface area contributed by atoms with E-state index >= 15 is 0 Å². The van der Waals surface area contributed by atoms with E-state index in [9.17, 15) is 4.79 Å². The lowest BCUT2D eigenvalue weighted by atomic mass is 10.2. The van der Waals surface area contributed by atoms with Crippen molar-refractivity contribution in [1.82, 2.24) is 15.0 Å². The van der Waals surface area contributed by atoms with Crippen LogP contribution in [0.15, 0.2) is 65.6 Å². The maximum absolute atomic E-state index is 12.4. The third-order valence-electron chi connectivity index (χ3n) is 3.38. The topological polar surface area (TPSA) is 77.0 Å². The van der Waals surface area contributed by atoms with Gasteiger partial charge in [0.25, 0.3) is 11.1 Å². The van der Waals surface area contributed by atoms with E-state index in [4.69, 9.17) is 4.74 Å². The molecule has 4 aromatic rings. The number of benzene rings is 1. The number of aromatic nitrogens is 3. The third kappa shape index (κ3) is 3.76. The zero-order chi connectivity index (χ0) is 17.8. The Morgan fingerprint density at radius 3 is 2.58 bits per heavy atom. The van der Waals surface area contributed by atoms with Gasteiger partial charge in [0.2, 0.25) is 0 Å². The van der Waals surface area contributed by atoms with Crippen LogP contribution in [0.2, 0.25) is 0 Å². The molecule has 128 valence electrons. The number of hydrogen-bond acceptors (Lipinski definition) is 7. The summed E-state index contributed by atoms with van der Waals surface area (Å²) in [6.07, 6.45) is 3.39. The number of carbonyl (C=O) groups is 1. The molecular weight excluding hydrogens is 368 g/mol. The number of ether oxygens (including phenoxy) is 1. The predicted molar refractivity (Wildman–Crippen MR) is 102 cm³/mol. The second-order valence-corrected chi connectivity index (χ2v) is 6.85. The first-order valence-corrected chi connectivity index (χ1v) is 9.39. The molecule has 0 bridgehead atoms. The summed E-state index contributed by atoms with van der Waals surface area (Å²) in [4.78, 5) is 25.1. The van der Waals surface area contributed by atoms with Crippen LogP contribution in [0.1, 0.15) is 10.4 Å². The van der Waals surface area contributed by atoms with E-state index in [-0.39, 0.29) is 5.91 Å². The number of nitrogens with one attached hydrogen (secondary N) is 1. The highest BCUT2D eigenvalue weighted by Gasteiger charge is 2.11. The summed E-state index contributed by atoms with van der Waals surface area (Å²) in [7, 11) is 0. The van der Waals surface area contributed by atoms with Crippen molar-refractivity contribution in [3.63, 3.8) is 0 Å². The van der Waals surface area contributed by atoms with Gasteiger partial charge >= 0.3 is 0 Å². The van der Waals surface area contributed by atoms with E-state index in [1.807, 2.05) is 29.0 Å². The Morgan fingerprint density at radius 2 is 1.85 bits per heavy atom. The third-order valence-corrected chi connectivity index (χ3v) is 4.79. The molecule has 1 amide bonds. The second-order valence-electron chi connectivity index (χ2n) is 5.13. The lowest BCUT2D eigenvalue weighted by Crippen LogP contribution is -2.11.